The first-order valence-electron chi connectivity index (χ1n) is 6.94. The van der Waals surface area contributed by atoms with Crippen LogP contribution in [0.3, 0.4) is 0 Å². The Labute approximate surface area is 119 Å². The van der Waals surface area contributed by atoms with E-state index in [9.17, 15) is 5.26 Å². The van der Waals surface area contributed by atoms with Crippen LogP contribution < -0.4 is 0 Å². The van der Waals surface area contributed by atoms with E-state index >= 15 is 0 Å². The van der Waals surface area contributed by atoms with Crippen molar-refractivity contribution >= 4 is 0 Å². The number of rotatable bonds is 2. The summed E-state index contributed by atoms with van der Waals surface area (Å²) >= 11 is 0. The van der Waals surface area contributed by atoms with Gasteiger partial charge in [0.15, 0.2) is 5.69 Å². The first-order chi connectivity index (χ1) is 9.70. The highest BCUT2D eigenvalue weighted by Gasteiger charge is 2.25. The van der Waals surface area contributed by atoms with Crippen LogP contribution in [0.1, 0.15) is 35.5 Å². The Hall–Kier alpha value is -2.12. The third-order valence-corrected chi connectivity index (χ3v) is 4.03. The lowest BCUT2D eigenvalue weighted by Gasteiger charge is -2.24. The molecule has 0 amide bonds. The second-order valence-corrected chi connectivity index (χ2v) is 5.40. The van der Waals surface area contributed by atoms with Crippen LogP contribution in [0.4, 0.5) is 0 Å². The number of hydrogen-bond acceptors (Lipinski definition) is 3. The Morgan fingerprint density at radius 2 is 2.05 bits per heavy atom. The smallest absolute Gasteiger partial charge is 0.167 e. The molecule has 20 heavy (non-hydrogen) atoms. The van der Waals surface area contributed by atoms with Crippen molar-refractivity contribution in [3.63, 3.8) is 0 Å². The summed E-state index contributed by atoms with van der Waals surface area (Å²) in [6.07, 6.45) is 0.956. The van der Waals surface area contributed by atoms with Crippen molar-refractivity contribution in [1.82, 2.24) is 14.7 Å². The molecule has 0 bridgehead atoms. The van der Waals surface area contributed by atoms with E-state index in [0.29, 0.717) is 5.69 Å². The summed E-state index contributed by atoms with van der Waals surface area (Å²) in [5.41, 5.74) is 4.12. The predicted octanol–water partition coefficient (Wildman–Crippen LogP) is 2.35. The van der Waals surface area contributed by atoms with E-state index in [-0.39, 0.29) is 6.04 Å². The maximum atomic E-state index is 9.30. The van der Waals surface area contributed by atoms with Crippen LogP contribution in [0.5, 0.6) is 0 Å². The Morgan fingerprint density at radius 1 is 1.30 bits per heavy atom. The minimum absolute atomic E-state index is 0.162. The fourth-order valence-electron chi connectivity index (χ4n) is 2.86. The van der Waals surface area contributed by atoms with Gasteiger partial charge in [0.2, 0.25) is 0 Å². The van der Waals surface area contributed by atoms with Crippen LogP contribution in [0.25, 0.3) is 0 Å². The minimum Gasteiger partial charge on any atom is -0.302 e. The van der Waals surface area contributed by atoms with Crippen molar-refractivity contribution in [2.24, 2.45) is 0 Å². The molecule has 1 atom stereocenters. The molecule has 102 valence electrons. The van der Waals surface area contributed by atoms with Crippen LogP contribution in [0.15, 0.2) is 30.3 Å². The first kappa shape index (κ1) is 12.9. The molecule has 2 aromatic rings. The number of hydrogen-bond donors (Lipinski definition) is 0. The first-order valence-corrected chi connectivity index (χ1v) is 6.94. The van der Waals surface area contributed by atoms with Gasteiger partial charge in [-0.1, -0.05) is 30.3 Å². The van der Waals surface area contributed by atoms with Gasteiger partial charge in [-0.05, 0) is 19.5 Å². The van der Waals surface area contributed by atoms with Crippen LogP contribution in [0, 0.1) is 11.3 Å². The molecule has 0 saturated carbocycles. The lowest BCUT2D eigenvalue weighted by molar-refractivity contribution is 0.306. The van der Waals surface area contributed by atoms with Gasteiger partial charge in [-0.15, -0.1) is 0 Å². The highest BCUT2D eigenvalue weighted by Crippen LogP contribution is 2.27. The zero-order chi connectivity index (χ0) is 14.1. The molecule has 1 aliphatic heterocycles. The Balaban J connectivity index is 2.05. The molecule has 1 aromatic heterocycles. The van der Waals surface area contributed by atoms with Gasteiger partial charge < -0.3 is 4.90 Å². The standard InChI is InChI=1S/C16H18N4/c1-12(13-6-4-3-5-7-13)20-16-8-9-19(2)11-14(16)15(10-17)18-20/h3-7,12H,8-9,11H2,1-2H3. The Bertz CT molecular complexity index is 651. The van der Waals surface area contributed by atoms with Crippen LogP contribution >= 0.6 is 0 Å². The van der Waals surface area contributed by atoms with E-state index in [2.05, 4.69) is 42.2 Å². The van der Waals surface area contributed by atoms with Gasteiger partial charge in [0.25, 0.3) is 0 Å². The molecule has 0 spiro atoms. The van der Waals surface area contributed by atoms with E-state index in [1.54, 1.807) is 0 Å². The molecule has 0 N–H and O–H groups in total. The van der Waals surface area contributed by atoms with Crippen LogP contribution in [0.2, 0.25) is 0 Å². The number of nitrogens with zero attached hydrogens (tertiary/aromatic N) is 4. The summed E-state index contributed by atoms with van der Waals surface area (Å²) in [7, 11) is 2.09. The van der Waals surface area contributed by atoms with Crippen LogP contribution in [-0.4, -0.2) is 28.3 Å². The summed E-state index contributed by atoms with van der Waals surface area (Å²) < 4.78 is 2.04. The summed E-state index contributed by atoms with van der Waals surface area (Å²) in [6.45, 7) is 3.98. The fraction of sp³-hybridized carbons (Fsp3) is 0.375. The number of benzene rings is 1. The van der Waals surface area contributed by atoms with Gasteiger partial charge in [-0.3, -0.25) is 4.68 Å². The van der Waals surface area contributed by atoms with E-state index in [1.165, 1.54) is 11.3 Å². The van der Waals surface area contributed by atoms with Crippen LogP contribution in [-0.2, 0) is 13.0 Å². The molecule has 3 rings (SSSR count). The third-order valence-electron chi connectivity index (χ3n) is 4.03. The lowest BCUT2D eigenvalue weighted by atomic mass is 10.0. The molecule has 0 saturated heterocycles. The van der Waals surface area contributed by atoms with E-state index in [1.807, 2.05) is 22.9 Å². The molecule has 4 nitrogen and oxygen atoms in total. The summed E-state index contributed by atoms with van der Waals surface area (Å²) in [5, 5.41) is 13.9. The van der Waals surface area contributed by atoms with Crippen molar-refractivity contribution in [3.8, 4) is 6.07 Å². The molecule has 0 radical (unpaired) electrons. The molecule has 1 aliphatic rings. The van der Waals surface area contributed by atoms with Gasteiger partial charge >= 0.3 is 0 Å². The second-order valence-electron chi connectivity index (χ2n) is 5.40. The third kappa shape index (κ3) is 2.10. The van der Waals surface area contributed by atoms with Gasteiger partial charge in [0.1, 0.15) is 6.07 Å². The summed E-state index contributed by atoms with van der Waals surface area (Å²) in [4.78, 5) is 2.24. The number of aromatic nitrogens is 2. The number of likely N-dealkylation sites (N-methyl/N-ethyl adjacent to an activating group) is 1. The van der Waals surface area contributed by atoms with E-state index < -0.39 is 0 Å². The SMILES string of the molecule is CC(c1ccccc1)n1nc(C#N)c2c1CCN(C)C2. The number of nitriles is 1. The average Bonchev–Trinajstić information content (AvgIpc) is 2.85. The molecular formula is C16H18N4. The number of fused-ring (bicyclic) bond motifs is 1. The molecule has 1 unspecified atom stereocenters. The normalized spacial score (nSPS) is 16.4. The maximum Gasteiger partial charge on any atom is 0.167 e. The monoisotopic (exact) mass is 266 g/mol. The largest absolute Gasteiger partial charge is 0.302 e. The lowest BCUT2D eigenvalue weighted by Crippen LogP contribution is -2.28. The Morgan fingerprint density at radius 3 is 2.75 bits per heavy atom. The van der Waals surface area contributed by atoms with Crippen molar-refractivity contribution in [1.29, 1.82) is 5.26 Å². The fourth-order valence-corrected chi connectivity index (χ4v) is 2.86. The van der Waals surface area contributed by atoms with E-state index in [4.69, 9.17) is 0 Å². The molecular weight excluding hydrogens is 248 g/mol. The highest BCUT2D eigenvalue weighted by atomic mass is 15.3. The van der Waals surface area contributed by atoms with Gasteiger partial charge in [-0.2, -0.15) is 10.4 Å². The molecule has 1 aromatic carbocycles. The highest BCUT2D eigenvalue weighted by molar-refractivity contribution is 5.37. The predicted molar refractivity (Wildman–Crippen MR) is 77.2 cm³/mol. The van der Waals surface area contributed by atoms with Crippen molar-refractivity contribution in [3.05, 3.63) is 52.8 Å². The molecule has 2 heterocycles. The summed E-state index contributed by atoms with van der Waals surface area (Å²) in [5.74, 6) is 0. The maximum absolute atomic E-state index is 9.30. The van der Waals surface area contributed by atoms with Gasteiger partial charge in [-0.25, -0.2) is 0 Å². The second kappa shape index (κ2) is 5.10. The zero-order valence-electron chi connectivity index (χ0n) is 11.9. The van der Waals surface area contributed by atoms with Crippen molar-refractivity contribution in [2.45, 2.75) is 25.9 Å². The zero-order valence-corrected chi connectivity index (χ0v) is 11.9. The molecule has 0 fully saturated rings. The van der Waals surface area contributed by atoms with Gasteiger partial charge in [0.05, 0.1) is 6.04 Å². The summed E-state index contributed by atoms with van der Waals surface area (Å²) in [6, 6.07) is 12.7. The Kier molecular flexibility index (Phi) is 3.29. The average molecular weight is 266 g/mol. The van der Waals surface area contributed by atoms with Gasteiger partial charge in [0, 0.05) is 30.8 Å². The van der Waals surface area contributed by atoms with Crippen molar-refractivity contribution < 1.29 is 0 Å². The van der Waals surface area contributed by atoms with E-state index in [0.717, 1.165) is 25.1 Å². The molecule has 0 aliphatic carbocycles. The minimum atomic E-state index is 0.162. The topological polar surface area (TPSA) is 44.9 Å². The quantitative estimate of drug-likeness (QED) is 0.838. The van der Waals surface area contributed by atoms with Crippen molar-refractivity contribution in [2.75, 3.05) is 13.6 Å². The molecule has 4 heteroatoms.